The van der Waals surface area contributed by atoms with Crippen LogP contribution in [0.3, 0.4) is 0 Å². The summed E-state index contributed by atoms with van der Waals surface area (Å²) in [6, 6.07) is 4.05. The summed E-state index contributed by atoms with van der Waals surface area (Å²) >= 11 is 5.90. The molecule has 33 heavy (non-hydrogen) atoms. The van der Waals surface area contributed by atoms with Gasteiger partial charge in [-0.1, -0.05) is 11.6 Å². The number of fused-ring (bicyclic) bond motifs is 3. The minimum Gasteiger partial charge on any atom is -0.365 e. The summed E-state index contributed by atoms with van der Waals surface area (Å²) in [5.74, 6) is -1.39. The fraction of sp³-hybridized carbons (Fsp3) is 0.522. The van der Waals surface area contributed by atoms with Crippen LogP contribution >= 0.6 is 11.6 Å². The van der Waals surface area contributed by atoms with E-state index in [0.717, 1.165) is 0 Å². The Hall–Kier alpha value is -2.55. The smallest absolute Gasteiger partial charge is 0.252 e. The summed E-state index contributed by atoms with van der Waals surface area (Å²) in [6.45, 7) is 0.907. The number of nitrogens with zero attached hydrogens (tertiary/aromatic N) is 3. The van der Waals surface area contributed by atoms with Crippen molar-refractivity contribution in [1.82, 2.24) is 14.7 Å². The van der Waals surface area contributed by atoms with Crippen LogP contribution in [0, 0.1) is 16.6 Å². The van der Waals surface area contributed by atoms with Crippen molar-refractivity contribution in [3.63, 3.8) is 0 Å². The summed E-state index contributed by atoms with van der Waals surface area (Å²) < 4.78 is 42.4. The molecule has 2 heterocycles. The minimum atomic E-state index is -2.35. The number of hydrogen-bond acceptors (Lipinski definition) is 3. The maximum absolute atomic E-state index is 13.6. The minimum absolute atomic E-state index is 0.0991. The van der Waals surface area contributed by atoms with Crippen LogP contribution < -0.4 is 5.73 Å². The molecule has 2 bridgehead atoms. The van der Waals surface area contributed by atoms with Crippen LogP contribution in [0.4, 0.5) is 13.2 Å². The molecule has 1 aromatic carbocycles. The summed E-state index contributed by atoms with van der Waals surface area (Å²) in [7, 11) is 0. The highest BCUT2D eigenvalue weighted by atomic mass is 35.5. The molecule has 2 aliphatic carbocycles. The zero-order chi connectivity index (χ0) is 23.5. The lowest BCUT2D eigenvalue weighted by atomic mass is 9.80. The number of benzene rings is 1. The maximum Gasteiger partial charge on any atom is 0.252 e. The maximum atomic E-state index is 13.6. The van der Waals surface area contributed by atoms with Crippen molar-refractivity contribution in [2.45, 2.75) is 58.0 Å². The summed E-state index contributed by atoms with van der Waals surface area (Å²) in [5.41, 5.74) is 5.81. The van der Waals surface area contributed by atoms with Crippen LogP contribution in [-0.4, -0.2) is 39.5 Å². The van der Waals surface area contributed by atoms with Crippen molar-refractivity contribution in [3.05, 3.63) is 40.3 Å². The van der Waals surface area contributed by atoms with Crippen molar-refractivity contribution in [3.8, 4) is 11.3 Å². The Balaban J connectivity index is 1.39. The third-order valence-electron chi connectivity index (χ3n) is 7.79. The standard InChI is InChI=1S/C23H24ClF3N4O2/c24-14-9-13(1-2-15(14)25)19-18(20(28)33)16-11-30(7-8-31(16)29-19)17(32)10-22-3-5-23(12-22,6-4-22)21(26)27/h1-2,9,21H,3-8,10-12H2,(H2,28,33). The van der Waals surface area contributed by atoms with Gasteiger partial charge in [0.2, 0.25) is 12.3 Å². The van der Waals surface area contributed by atoms with Crippen molar-refractivity contribution in [2.75, 3.05) is 6.54 Å². The zero-order valence-corrected chi connectivity index (χ0v) is 18.7. The lowest BCUT2D eigenvalue weighted by molar-refractivity contribution is -0.135. The van der Waals surface area contributed by atoms with Crippen molar-refractivity contribution >= 4 is 23.4 Å². The summed E-state index contributed by atoms with van der Waals surface area (Å²) in [6.07, 6.45) is 0.533. The number of aromatic nitrogens is 2. The Labute approximate surface area is 193 Å². The summed E-state index contributed by atoms with van der Waals surface area (Å²) in [4.78, 5) is 27.2. The molecule has 0 saturated heterocycles. The van der Waals surface area contributed by atoms with E-state index in [-0.39, 0.29) is 34.9 Å². The van der Waals surface area contributed by atoms with Crippen LogP contribution in [0.5, 0.6) is 0 Å². The van der Waals surface area contributed by atoms with Crippen LogP contribution in [0.1, 0.15) is 54.6 Å². The molecule has 10 heteroatoms. The first-order valence-electron chi connectivity index (χ1n) is 11.0. The lowest BCUT2D eigenvalue weighted by Gasteiger charge is -2.32. The number of alkyl halides is 2. The van der Waals surface area contributed by atoms with E-state index in [9.17, 15) is 22.8 Å². The van der Waals surface area contributed by atoms with Gasteiger partial charge in [0.25, 0.3) is 5.91 Å². The van der Waals surface area contributed by atoms with Gasteiger partial charge in [-0.15, -0.1) is 0 Å². The molecule has 6 nitrogen and oxygen atoms in total. The fourth-order valence-electron chi connectivity index (χ4n) is 5.98. The van der Waals surface area contributed by atoms with Crippen LogP contribution in [0.2, 0.25) is 5.02 Å². The van der Waals surface area contributed by atoms with Crippen molar-refractivity contribution in [1.29, 1.82) is 0 Å². The second kappa shape index (κ2) is 7.75. The first-order chi connectivity index (χ1) is 15.6. The Morgan fingerprint density at radius 1 is 1.18 bits per heavy atom. The monoisotopic (exact) mass is 480 g/mol. The van der Waals surface area contributed by atoms with E-state index >= 15 is 0 Å². The summed E-state index contributed by atoms with van der Waals surface area (Å²) in [5, 5.41) is 4.39. The first kappa shape index (κ1) is 22.3. The molecule has 0 radical (unpaired) electrons. The van der Waals surface area contributed by atoms with Crippen LogP contribution in [0.25, 0.3) is 11.3 Å². The molecule has 2 aromatic rings. The van der Waals surface area contributed by atoms with Gasteiger partial charge in [0, 0.05) is 23.9 Å². The van der Waals surface area contributed by atoms with E-state index in [0.29, 0.717) is 62.1 Å². The number of nitrogens with two attached hydrogens (primary N) is 1. The average Bonchev–Trinajstić information content (AvgIpc) is 3.45. The van der Waals surface area contributed by atoms with E-state index in [1.807, 2.05) is 0 Å². The molecule has 2 amide bonds. The van der Waals surface area contributed by atoms with E-state index in [1.54, 1.807) is 9.58 Å². The molecule has 0 unspecified atom stereocenters. The van der Waals surface area contributed by atoms with Crippen molar-refractivity contribution in [2.24, 2.45) is 16.6 Å². The van der Waals surface area contributed by atoms with Gasteiger partial charge >= 0.3 is 0 Å². The SMILES string of the molecule is NC(=O)c1c(-c2ccc(F)c(Cl)c2)nn2c1CN(C(=O)CC13CCC(C(F)F)(CC1)C3)CC2. The number of hydrogen-bond donors (Lipinski definition) is 1. The molecule has 176 valence electrons. The number of carbonyl (C=O) groups is 2. The number of amides is 2. The molecule has 0 atom stereocenters. The van der Waals surface area contributed by atoms with Gasteiger partial charge in [0.05, 0.1) is 29.4 Å². The first-order valence-corrected chi connectivity index (χ1v) is 11.4. The van der Waals surface area contributed by atoms with E-state index in [2.05, 4.69) is 5.10 Å². The number of carbonyl (C=O) groups excluding carboxylic acids is 2. The van der Waals surface area contributed by atoms with Crippen molar-refractivity contribution < 1.29 is 22.8 Å². The second-order valence-corrected chi connectivity index (χ2v) is 10.1. The van der Waals surface area contributed by atoms with Gasteiger partial charge in [0.1, 0.15) is 11.5 Å². The Morgan fingerprint density at radius 2 is 1.91 bits per heavy atom. The number of halogens is 4. The normalized spacial score (nSPS) is 26.2. The molecule has 1 aliphatic heterocycles. The number of primary amides is 1. The van der Waals surface area contributed by atoms with Gasteiger partial charge in [-0.05, 0) is 55.7 Å². The Morgan fingerprint density at radius 3 is 2.52 bits per heavy atom. The predicted molar refractivity (Wildman–Crippen MR) is 115 cm³/mol. The van der Waals surface area contributed by atoms with Gasteiger partial charge in [-0.3, -0.25) is 14.3 Å². The van der Waals surface area contributed by atoms with Gasteiger partial charge in [0.15, 0.2) is 0 Å². The van der Waals surface area contributed by atoms with Crippen LogP contribution in [-0.2, 0) is 17.9 Å². The zero-order valence-electron chi connectivity index (χ0n) is 17.9. The van der Waals surface area contributed by atoms with Gasteiger partial charge < -0.3 is 10.6 Å². The fourth-order valence-corrected chi connectivity index (χ4v) is 6.16. The quantitative estimate of drug-likeness (QED) is 0.689. The highest BCUT2D eigenvalue weighted by molar-refractivity contribution is 6.31. The third-order valence-corrected chi connectivity index (χ3v) is 8.08. The molecule has 2 N–H and O–H groups in total. The molecule has 5 rings (SSSR count). The van der Waals surface area contributed by atoms with E-state index < -0.39 is 23.6 Å². The Kier molecular flexibility index (Phi) is 5.23. The largest absolute Gasteiger partial charge is 0.365 e. The van der Waals surface area contributed by atoms with Gasteiger partial charge in [-0.25, -0.2) is 13.2 Å². The predicted octanol–water partition coefficient (Wildman–Crippen LogP) is 4.39. The highest BCUT2D eigenvalue weighted by Gasteiger charge is 2.59. The molecule has 3 aliphatic rings. The molecule has 2 fully saturated rings. The highest BCUT2D eigenvalue weighted by Crippen LogP contribution is 2.65. The third kappa shape index (κ3) is 3.61. The molecular weight excluding hydrogens is 457 g/mol. The lowest BCUT2D eigenvalue weighted by Crippen LogP contribution is -2.41. The molecular formula is C23H24ClF3N4O2. The van der Waals surface area contributed by atoms with E-state index in [1.165, 1.54) is 18.2 Å². The molecule has 1 aromatic heterocycles. The van der Waals surface area contributed by atoms with Gasteiger partial charge in [-0.2, -0.15) is 5.10 Å². The molecule has 2 saturated carbocycles. The van der Waals surface area contributed by atoms with Crippen LogP contribution in [0.15, 0.2) is 18.2 Å². The average molecular weight is 481 g/mol. The molecule has 0 spiro atoms. The van der Waals surface area contributed by atoms with E-state index in [4.69, 9.17) is 17.3 Å². The number of rotatable bonds is 5. The Bertz CT molecular complexity index is 1140. The second-order valence-electron chi connectivity index (χ2n) is 9.72. The topological polar surface area (TPSA) is 81.2 Å².